The first kappa shape index (κ1) is 25.9. The van der Waals surface area contributed by atoms with Crippen LogP contribution in [0.5, 0.6) is 0 Å². The number of carbonyl (C=O) groups is 2. The molecule has 0 radical (unpaired) electrons. The number of cyclic esters (lactones) is 2. The minimum Gasteiger partial charge on any atom is -0.441 e. The summed E-state index contributed by atoms with van der Waals surface area (Å²) in [6.45, 7) is 8.40. The van der Waals surface area contributed by atoms with Gasteiger partial charge in [0, 0.05) is 22.3 Å². The Morgan fingerprint density at radius 1 is 0.528 bits per heavy atom. The predicted molar refractivity (Wildman–Crippen MR) is 142 cm³/mol. The number of hydrogen-bond donors (Lipinski definition) is 0. The van der Waals surface area contributed by atoms with Crippen molar-refractivity contribution in [3.8, 4) is 0 Å². The van der Waals surface area contributed by atoms with Crippen LogP contribution < -0.4 is 0 Å². The topological polar surface area (TPSA) is 52.6 Å². The molecule has 0 N–H and O–H groups in total. The van der Waals surface area contributed by atoms with Gasteiger partial charge in [-0.05, 0) is 36.8 Å². The number of carbonyl (C=O) groups excluding carboxylic acids is 2. The van der Waals surface area contributed by atoms with Crippen LogP contribution in [0.15, 0.2) is 83.0 Å². The molecule has 0 saturated heterocycles. The third-order valence-electron chi connectivity index (χ3n) is 7.42. The van der Waals surface area contributed by atoms with Crippen molar-refractivity contribution < 1.29 is 19.1 Å². The van der Waals surface area contributed by atoms with Gasteiger partial charge in [-0.15, -0.1) is 0 Å². The van der Waals surface area contributed by atoms with Crippen LogP contribution in [0, 0.1) is 0 Å². The minimum absolute atomic E-state index is 0.296. The molecule has 0 amide bonds. The summed E-state index contributed by atoms with van der Waals surface area (Å²) in [4.78, 5) is 27.4. The van der Waals surface area contributed by atoms with Crippen molar-refractivity contribution in [2.24, 2.45) is 0 Å². The van der Waals surface area contributed by atoms with Crippen LogP contribution in [0.2, 0.25) is 0 Å². The molecule has 2 unspecified atom stereocenters. The first-order chi connectivity index (χ1) is 17.5. The number of rotatable bonds is 11. The fourth-order valence-corrected chi connectivity index (χ4v) is 6.14. The van der Waals surface area contributed by atoms with E-state index in [9.17, 15) is 9.59 Å². The van der Waals surface area contributed by atoms with E-state index in [1.807, 2.05) is 60.7 Å². The summed E-state index contributed by atoms with van der Waals surface area (Å²) in [6.07, 6.45) is 6.00. The number of esters is 2. The van der Waals surface area contributed by atoms with E-state index in [0.717, 1.165) is 59.1 Å². The summed E-state index contributed by atoms with van der Waals surface area (Å²) in [5, 5.41) is 0. The number of hydrogen-bond acceptors (Lipinski definition) is 4. The molecular weight excluding hydrogens is 448 g/mol. The third-order valence-corrected chi connectivity index (χ3v) is 7.42. The van der Waals surface area contributed by atoms with Gasteiger partial charge < -0.3 is 9.47 Å². The van der Waals surface area contributed by atoms with Crippen molar-refractivity contribution in [1.82, 2.24) is 0 Å². The van der Waals surface area contributed by atoms with Crippen molar-refractivity contribution in [3.63, 3.8) is 0 Å². The molecule has 2 atom stereocenters. The van der Waals surface area contributed by atoms with Crippen molar-refractivity contribution in [1.29, 1.82) is 0 Å². The zero-order chi connectivity index (χ0) is 25.8. The molecule has 190 valence electrons. The average Bonchev–Trinajstić information content (AvgIpc) is 3.34. The van der Waals surface area contributed by atoms with Crippen molar-refractivity contribution >= 4 is 11.9 Å². The average molecular weight is 487 g/mol. The quantitative estimate of drug-likeness (QED) is 0.306. The van der Waals surface area contributed by atoms with Crippen LogP contribution in [-0.2, 0) is 30.3 Å². The lowest BCUT2D eigenvalue weighted by Crippen LogP contribution is -2.53. The molecule has 0 aromatic heterocycles. The molecule has 0 fully saturated rings. The third kappa shape index (κ3) is 3.91. The smallest absolute Gasteiger partial charge is 0.335 e. The molecule has 4 heteroatoms. The van der Waals surface area contributed by atoms with Crippen LogP contribution >= 0.6 is 0 Å². The maximum Gasteiger partial charge on any atom is 0.335 e. The fourth-order valence-electron chi connectivity index (χ4n) is 6.14. The molecule has 36 heavy (non-hydrogen) atoms. The Kier molecular flexibility index (Phi) is 7.82. The Morgan fingerprint density at radius 3 is 1.17 bits per heavy atom. The SMILES string of the molecule is CCCC1=C(CCC)C(c2ccccc2)(C2(c3ccccc3)OC(=O)C(CCC)=C2CCC)OC1=O. The molecule has 0 bridgehead atoms. The van der Waals surface area contributed by atoms with Gasteiger partial charge in [-0.1, -0.05) is 114 Å². The molecule has 2 aliphatic heterocycles. The molecular formula is C32H38O4. The number of benzene rings is 2. The Labute approximate surface area is 215 Å². The van der Waals surface area contributed by atoms with E-state index in [4.69, 9.17) is 9.47 Å². The summed E-state index contributed by atoms with van der Waals surface area (Å²) in [5.41, 5.74) is 2.53. The standard InChI is InChI=1S/C32H38O4/c1-5-15-25-27(17-7-3)31(35-29(25)33,23-19-11-9-12-20-23)32(24-21-13-10-14-22-24)28(18-8-4)26(16-6-2)30(34)36-32/h9-14,19-22H,5-8,15-18H2,1-4H3. The molecule has 2 aromatic carbocycles. The zero-order valence-corrected chi connectivity index (χ0v) is 22.1. The van der Waals surface area contributed by atoms with E-state index < -0.39 is 11.2 Å². The van der Waals surface area contributed by atoms with Gasteiger partial charge in [0.1, 0.15) is 0 Å². The van der Waals surface area contributed by atoms with Crippen LogP contribution in [0.4, 0.5) is 0 Å². The lowest BCUT2D eigenvalue weighted by atomic mass is 9.63. The van der Waals surface area contributed by atoms with Crippen LogP contribution in [0.1, 0.15) is 90.2 Å². The largest absolute Gasteiger partial charge is 0.441 e. The van der Waals surface area contributed by atoms with Crippen LogP contribution in [0.25, 0.3) is 0 Å². The van der Waals surface area contributed by atoms with Crippen molar-refractivity contribution in [3.05, 3.63) is 94.1 Å². The van der Waals surface area contributed by atoms with E-state index in [2.05, 4.69) is 27.7 Å². The highest BCUT2D eigenvalue weighted by Gasteiger charge is 2.69. The zero-order valence-electron chi connectivity index (χ0n) is 22.1. The summed E-state index contributed by atoms with van der Waals surface area (Å²) < 4.78 is 13.3. The molecule has 0 spiro atoms. The van der Waals surface area contributed by atoms with Gasteiger partial charge in [-0.25, -0.2) is 9.59 Å². The molecule has 4 rings (SSSR count). The normalized spacial score (nSPS) is 23.9. The second kappa shape index (κ2) is 10.9. The first-order valence-electron chi connectivity index (χ1n) is 13.5. The Hall–Kier alpha value is -3.14. The Morgan fingerprint density at radius 2 is 0.861 bits per heavy atom. The van der Waals surface area contributed by atoms with Gasteiger partial charge in [0.2, 0.25) is 11.2 Å². The van der Waals surface area contributed by atoms with Gasteiger partial charge >= 0.3 is 11.9 Å². The second-order valence-electron chi connectivity index (χ2n) is 9.79. The van der Waals surface area contributed by atoms with E-state index in [-0.39, 0.29) is 11.9 Å². The minimum atomic E-state index is -1.26. The van der Waals surface area contributed by atoms with Gasteiger partial charge in [0.15, 0.2) is 0 Å². The predicted octanol–water partition coefficient (Wildman–Crippen LogP) is 7.68. The second-order valence-corrected chi connectivity index (χ2v) is 9.79. The summed E-state index contributed by atoms with van der Waals surface area (Å²) in [5.74, 6) is -0.592. The number of ether oxygens (including phenoxy) is 2. The van der Waals surface area contributed by atoms with Crippen LogP contribution in [-0.4, -0.2) is 11.9 Å². The molecule has 2 heterocycles. The van der Waals surface area contributed by atoms with Crippen molar-refractivity contribution in [2.45, 2.75) is 90.3 Å². The van der Waals surface area contributed by atoms with Crippen molar-refractivity contribution in [2.75, 3.05) is 0 Å². The highest BCUT2D eigenvalue weighted by molar-refractivity contribution is 5.97. The van der Waals surface area contributed by atoms with E-state index in [1.165, 1.54) is 0 Å². The van der Waals surface area contributed by atoms with Gasteiger partial charge in [-0.3, -0.25) is 0 Å². The Balaban J connectivity index is 2.19. The van der Waals surface area contributed by atoms with E-state index in [1.54, 1.807) is 0 Å². The molecule has 0 saturated carbocycles. The van der Waals surface area contributed by atoms with E-state index >= 15 is 0 Å². The fraction of sp³-hybridized carbons (Fsp3) is 0.438. The Bertz CT molecular complexity index is 1070. The monoisotopic (exact) mass is 486 g/mol. The highest BCUT2D eigenvalue weighted by Crippen LogP contribution is 2.63. The molecule has 0 aliphatic carbocycles. The summed E-state index contributed by atoms with van der Waals surface area (Å²) >= 11 is 0. The lowest BCUT2D eigenvalue weighted by molar-refractivity contribution is -0.189. The summed E-state index contributed by atoms with van der Waals surface area (Å²) in [7, 11) is 0. The molecule has 2 aromatic rings. The van der Waals surface area contributed by atoms with Crippen LogP contribution in [0.3, 0.4) is 0 Å². The highest BCUT2D eigenvalue weighted by atomic mass is 16.6. The summed E-state index contributed by atoms with van der Waals surface area (Å²) in [6, 6.07) is 19.9. The molecule has 2 aliphatic rings. The van der Waals surface area contributed by atoms with Gasteiger partial charge in [0.05, 0.1) is 0 Å². The maximum absolute atomic E-state index is 13.7. The van der Waals surface area contributed by atoms with E-state index in [0.29, 0.717) is 25.7 Å². The molecule has 4 nitrogen and oxygen atoms in total. The van der Waals surface area contributed by atoms with Gasteiger partial charge in [-0.2, -0.15) is 0 Å². The lowest BCUT2D eigenvalue weighted by Gasteiger charge is -2.47. The first-order valence-corrected chi connectivity index (χ1v) is 13.5. The maximum atomic E-state index is 13.7. The van der Waals surface area contributed by atoms with Gasteiger partial charge in [0.25, 0.3) is 0 Å².